The summed E-state index contributed by atoms with van der Waals surface area (Å²) < 4.78 is 6.36. The molecular formula is C17H12ClN5OS. The smallest absolute Gasteiger partial charge is 0.250 e. The number of rotatable bonds is 5. The van der Waals surface area contributed by atoms with Crippen molar-refractivity contribution in [3.05, 3.63) is 64.3 Å². The minimum Gasteiger partial charge on any atom is -0.416 e. The predicted octanol–water partition coefficient (Wildman–Crippen LogP) is 4.52. The van der Waals surface area contributed by atoms with Gasteiger partial charge in [0, 0.05) is 34.7 Å². The van der Waals surface area contributed by atoms with Gasteiger partial charge in [0.25, 0.3) is 0 Å². The number of anilines is 1. The van der Waals surface area contributed by atoms with E-state index >= 15 is 0 Å². The molecule has 0 amide bonds. The lowest BCUT2D eigenvalue weighted by atomic mass is 10.1. The number of halogens is 1. The van der Waals surface area contributed by atoms with Crippen molar-refractivity contribution in [3.8, 4) is 22.9 Å². The molecule has 0 fully saturated rings. The SMILES string of the molecule is Clc1ncc(CNc2ccccc2-c2nnc(-c3ccncc3)o2)s1. The van der Waals surface area contributed by atoms with Crippen LogP contribution in [0.1, 0.15) is 4.88 Å². The first-order chi connectivity index (χ1) is 12.3. The van der Waals surface area contributed by atoms with E-state index in [2.05, 4.69) is 25.5 Å². The standard InChI is InChI=1S/C17H12ClN5OS/c18-17-21-10-12(25-17)9-20-14-4-2-1-3-13(14)16-23-22-15(24-16)11-5-7-19-8-6-11/h1-8,10,20H,9H2. The van der Waals surface area contributed by atoms with Gasteiger partial charge in [-0.1, -0.05) is 23.7 Å². The Hall–Kier alpha value is -2.77. The van der Waals surface area contributed by atoms with E-state index in [1.165, 1.54) is 11.3 Å². The molecule has 1 aromatic carbocycles. The fourth-order valence-corrected chi connectivity index (χ4v) is 3.23. The number of benzene rings is 1. The van der Waals surface area contributed by atoms with Crippen molar-refractivity contribution in [2.75, 3.05) is 5.32 Å². The summed E-state index contributed by atoms with van der Waals surface area (Å²) in [5.41, 5.74) is 2.57. The van der Waals surface area contributed by atoms with Crippen molar-refractivity contribution >= 4 is 28.6 Å². The highest BCUT2D eigenvalue weighted by Gasteiger charge is 2.13. The molecule has 124 valence electrons. The van der Waals surface area contributed by atoms with Crippen LogP contribution in [0.25, 0.3) is 22.9 Å². The van der Waals surface area contributed by atoms with Crippen molar-refractivity contribution < 1.29 is 4.42 Å². The third-order valence-corrected chi connectivity index (χ3v) is 4.60. The molecule has 0 aliphatic rings. The predicted molar refractivity (Wildman–Crippen MR) is 97.4 cm³/mol. The summed E-state index contributed by atoms with van der Waals surface area (Å²) in [7, 11) is 0. The Morgan fingerprint density at radius 2 is 1.84 bits per heavy atom. The number of para-hydroxylation sites is 1. The van der Waals surface area contributed by atoms with E-state index in [0.717, 1.165) is 21.7 Å². The minimum absolute atomic E-state index is 0.456. The summed E-state index contributed by atoms with van der Waals surface area (Å²) in [5.74, 6) is 0.915. The lowest BCUT2D eigenvalue weighted by Crippen LogP contribution is -1.99. The van der Waals surface area contributed by atoms with Crippen LogP contribution in [0.3, 0.4) is 0 Å². The van der Waals surface area contributed by atoms with Crippen LogP contribution in [0.2, 0.25) is 4.47 Å². The molecule has 4 aromatic rings. The van der Waals surface area contributed by atoms with Gasteiger partial charge in [0.2, 0.25) is 11.8 Å². The zero-order chi connectivity index (χ0) is 17.1. The number of pyridine rings is 1. The Morgan fingerprint density at radius 3 is 2.64 bits per heavy atom. The van der Waals surface area contributed by atoms with Crippen LogP contribution < -0.4 is 5.32 Å². The summed E-state index contributed by atoms with van der Waals surface area (Å²) in [6, 6.07) is 11.4. The number of hydrogen-bond donors (Lipinski definition) is 1. The third-order valence-electron chi connectivity index (χ3n) is 3.49. The maximum Gasteiger partial charge on any atom is 0.250 e. The Balaban J connectivity index is 1.59. The van der Waals surface area contributed by atoms with Gasteiger partial charge in [0.15, 0.2) is 4.47 Å². The Labute approximate surface area is 152 Å². The number of hydrogen-bond acceptors (Lipinski definition) is 7. The molecular weight excluding hydrogens is 358 g/mol. The quantitative estimate of drug-likeness (QED) is 0.557. The van der Waals surface area contributed by atoms with Crippen molar-refractivity contribution in [1.82, 2.24) is 20.2 Å². The first-order valence-electron chi connectivity index (χ1n) is 7.47. The first kappa shape index (κ1) is 15.7. The molecule has 0 radical (unpaired) electrons. The topological polar surface area (TPSA) is 76.7 Å². The molecule has 6 nitrogen and oxygen atoms in total. The second-order valence-electron chi connectivity index (χ2n) is 5.13. The molecule has 0 atom stereocenters. The fourth-order valence-electron chi connectivity index (χ4n) is 2.31. The van der Waals surface area contributed by atoms with Crippen molar-refractivity contribution in [1.29, 1.82) is 0 Å². The van der Waals surface area contributed by atoms with Gasteiger partial charge in [-0.3, -0.25) is 4.98 Å². The molecule has 1 N–H and O–H groups in total. The van der Waals surface area contributed by atoms with E-state index in [0.29, 0.717) is 22.8 Å². The molecule has 4 rings (SSSR count). The van der Waals surface area contributed by atoms with Crippen molar-refractivity contribution in [3.63, 3.8) is 0 Å². The maximum absolute atomic E-state index is 5.87. The molecule has 0 saturated heterocycles. The highest BCUT2D eigenvalue weighted by molar-refractivity contribution is 7.15. The van der Waals surface area contributed by atoms with Gasteiger partial charge < -0.3 is 9.73 Å². The fraction of sp³-hybridized carbons (Fsp3) is 0.0588. The maximum atomic E-state index is 5.87. The minimum atomic E-state index is 0.456. The Bertz CT molecular complexity index is 985. The van der Waals surface area contributed by atoms with E-state index in [-0.39, 0.29) is 0 Å². The Morgan fingerprint density at radius 1 is 1.04 bits per heavy atom. The van der Waals surface area contributed by atoms with Crippen LogP contribution in [0.15, 0.2) is 59.4 Å². The molecule has 0 aliphatic heterocycles. The first-order valence-corrected chi connectivity index (χ1v) is 8.66. The monoisotopic (exact) mass is 369 g/mol. The van der Waals surface area contributed by atoms with Gasteiger partial charge in [-0.15, -0.1) is 21.5 Å². The average molecular weight is 370 g/mol. The van der Waals surface area contributed by atoms with Crippen LogP contribution in [0, 0.1) is 0 Å². The molecule has 8 heteroatoms. The number of nitrogens with one attached hydrogen (secondary N) is 1. The second kappa shape index (κ2) is 7.00. The van der Waals surface area contributed by atoms with E-state index in [1.807, 2.05) is 36.4 Å². The zero-order valence-corrected chi connectivity index (χ0v) is 14.5. The van der Waals surface area contributed by atoms with Crippen LogP contribution in [0.5, 0.6) is 0 Å². The van der Waals surface area contributed by atoms with Gasteiger partial charge in [-0.05, 0) is 24.3 Å². The Kier molecular flexibility index (Phi) is 4.41. The van der Waals surface area contributed by atoms with Crippen molar-refractivity contribution in [2.24, 2.45) is 0 Å². The largest absolute Gasteiger partial charge is 0.416 e. The number of aromatic nitrogens is 4. The second-order valence-corrected chi connectivity index (χ2v) is 6.82. The lowest BCUT2D eigenvalue weighted by Gasteiger charge is -2.08. The third kappa shape index (κ3) is 3.52. The molecule has 3 aromatic heterocycles. The van der Waals surface area contributed by atoms with Crippen molar-refractivity contribution in [2.45, 2.75) is 6.54 Å². The van der Waals surface area contributed by atoms with Gasteiger partial charge in [0.1, 0.15) is 0 Å². The average Bonchev–Trinajstić information content (AvgIpc) is 3.30. The van der Waals surface area contributed by atoms with Gasteiger partial charge in [0.05, 0.1) is 12.1 Å². The lowest BCUT2D eigenvalue weighted by molar-refractivity contribution is 0.584. The summed E-state index contributed by atoms with van der Waals surface area (Å²) in [6.45, 7) is 0.618. The summed E-state index contributed by atoms with van der Waals surface area (Å²) in [4.78, 5) is 9.08. The van der Waals surface area contributed by atoms with E-state index in [9.17, 15) is 0 Å². The van der Waals surface area contributed by atoms with Crippen LogP contribution >= 0.6 is 22.9 Å². The summed E-state index contributed by atoms with van der Waals surface area (Å²) in [5, 5.41) is 11.7. The molecule has 0 saturated carbocycles. The van der Waals surface area contributed by atoms with Gasteiger partial charge >= 0.3 is 0 Å². The molecule has 0 aliphatic carbocycles. The van der Waals surface area contributed by atoms with Crippen LogP contribution in [-0.4, -0.2) is 20.2 Å². The van der Waals surface area contributed by atoms with E-state index in [1.54, 1.807) is 18.6 Å². The molecule has 0 unspecified atom stereocenters. The molecule has 25 heavy (non-hydrogen) atoms. The highest BCUT2D eigenvalue weighted by Crippen LogP contribution is 2.30. The van der Waals surface area contributed by atoms with Crippen LogP contribution in [-0.2, 0) is 6.54 Å². The molecule has 0 bridgehead atoms. The zero-order valence-electron chi connectivity index (χ0n) is 12.9. The summed E-state index contributed by atoms with van der Waals surface area (Å²) in [6.07, 6.45) is 5.14. The van der Waals surface area contributed by atoms with E-state index < -0.39 is 0 Å². The normalized spacial score (nSPS) is 10.8. The molecule has 0 spiro atoms. The number of thiazole rings is 1. The molecule has 3 heterocycles. The number of nitrogens with zero attached hydrogens (tertiary/aromatic N) is 4. The van der Waals surface area contributed by atoms with E-state index in [4.69, 9.17) is 16.0 Å². The van der Waals surface area contributed by atoms with Gasteiger partial charge in [-0.2, -0.15) is 0 Å². The highest BCUT2D eigenvalue weighted by atomic mass is 35.5. The van der Waals surface area contributed by atoms with Gasteiger partial charge in [-0.25, -0.2) is 4.98 Å². The van der Waals surface area contributed by atoms with Crippen LogP contribution in [0.4, 0.5) is 5.69 Å². The summed E-state index contributed by atoms with van der Waals surface area (Å²) >= 11 is 7.32.